The fourth-order valence-electron chi connectivity index (χ4n) is 4.90. The summed E-state index contributed by atoms with van der Waals surface area (Å²) in [5, 5.41) is 22.7. The van der Waals surface area contributed by atoms with E-state index >= 15 is 0 Å². The van der Waals surface area contributed by atoms with E-state index in [1.54, 1.807) is 18.9 Å². The predicted octanol–water partition coefficient (Wildman–Crippen LogP) is 0.519. The van der Waals surface area contributed by atoms with Crippen LogP contribution in [0, 0.1) is 11.8 Å². The van der Waals surface area contributed by atoms with Crippen molar-refractivity contribution in [2.75, 3.05) is 7.05 Å². The van der Waals surface area contributed by atoms with Crippen LogP contribution in [0.2, 0.25) is 0 Å². The molecule has 8 heteroatoms. The van der Waals surface area contributed by atoms with Crippen molar-refractivity contribution >= 4 is 17.9 Å². The van der Waals surface area contributed by atoms with Gasteiger partial charge in [-0.1, -0.05) is 6.42 Å². The SMILES string of the molecule is CC(O)[C@H]1C(=O)N2C(C(=O)O)=C3[C@H](CCC[C@@H]3N(C)C(=O)NC3CC3)[C@H]12. The Morgan fingerprint density at radius 2 is 1.96 bits per heavy atom. The molecule has 0 bridgehead atoms. The smallest absolute Gasteiger partial charge is 0.352 e. The lowest BCUT2D eigenvalue weighted by atomic mass is 9.71. The zero-order valence-electron chi connectivity index (χ0n) is 15.0. The third kappa shape index (κ3) is 2.42. The largest absolute Gasteiger partial charge is 0.477 e. The van der Waals surface area contributed by atoms with Gasteiger partial charge >= 0.3 is 12.0 Å². The number of aliphatic hydroxyl groups is 1. The maximum Gasteiger partial charge on any atom is 0.352 e. The molecule has 4 rings (SSSR count). The van der Waals surface area contributed by atoms with Crippen molar-refractivity contribution < 1.29 is 24.6 Å². The number of carbonyl (C=O) groups is 3. The highest BCUT2D eigenvalue weighted by atomic mass is 16.4. The molecule has 0 aromatic heterocycles. The molecule has 0 aromatic rings. The molecule has 2 aliphatic carbocycles. The minimum absolute atomic E-state index is 0.0256. The van der Waals surface area contributed by atoms with Crippen molar-refractivity contribution in [1.82, 2.24) is 15.1 Å². The second-order valence-corrected chi connectivity index (χ2v) is 7.96. The van der Waals surface area contributed by atoms with Crippen LogP contribution in [-0.2, 0) is 9.59 Å². The average Bonchev–Trinajstić information content (AvgIpc) is 3.33. The second kappa shape index (κ2) is 5.97. The molecule has 2 aliphatic heterocycles. The number of nitrogens with one attached hydrogen (secondary N) is 1. The summed E-state index contributed by atoms with van der Waals surface area (Å²) in [4.78, 5) is 39.9. The normalized spacial score (nSPS) is 34.0. The minimum atomic E-state index is -1.13. The molecule has 1 saturated heterocycles. The Kier molecular flexibility index (Phi) is 3.98. The van der Waals surface area contributed by atoms with Gasteiger partial charge < -0.3 is 25.3 Å². The van der Waals surface area contributed by atoms with Crippen molar-refractivity contribution in [3.8, 4) is 0 Å². The first-order valence-corrected chi connectivity index (χ1v) is 9.34. The number of carbonyl (C=O) groups excluding carboxylic acids is 2. The summed E-state index contributed by atoms with van der Waals surface area (Å²) in [5.74, 6) is -2.12. The summed E-state index contributed by atoms with van der Waals surface area (Å²) in [7, 11) is 1.70. The topological polar surface area (TPSA) is 110 Å². The number of likely N-dealkylation sites (N-methyl/N-ethyl adjacent to an activating group) is 1. The molecule has 8 nitrogen and oxygen atoms in total. The molecule has 3 N–H and O–H groups in total. The molecule has 26 heavy (non-hydrogen) atoms. The van der Waals surface area contributed by atoms with E-state index in [4.69, 9.17) is 0 Å². The zero-order valence-corrected chi connectivity index (χ0v) is 15.0. The van der Waals surface area contributed by atoms with E-state index in [2.05, 4.69) is 5.32 Å². The number of hydrogen-bond donors (Lipinski definition) is 3. The molecule has 0 aromatic carbocycles. The van der Waals surface area contributed by atoms with Crippen LogP contribution in [0.4, 0.5) is 4.79 Å². The maximum atomic E-state index is 12.5. The lowest BCUT2D eigenvalue weighted by Gasteiger charge is -2.48. The van der Waals surface area contributed by atoms with Gasteiger partial charge in [-0.3, -0.25) is 4.79 Å². The van der Waals surface area contributed by atoms with Gasteiger partial charge in [0.1, 0.15) is 5.70 Å². The number of rotatable bonds is 4. The second-order valence-electron chi connectivity index (χ2n) is 7.96. The van der Waals surface area contributed by atoms with Gasteiger partial charge in [0.2, 0.25) is 5.91 Å². The van der Waals surface area contributed by atoms with Crippen molar-refractivity contribution in [2.24, 2.45) is 11.8 Å². The zero-order chi connectivity index (χ0) is 18.7. The summed E-state index contributed by atoms with van der Waals surface area (Å²) in [5.41, 5.74) is 0.705. The predicted molar refractivity (Wildman–Crippen MR) is 90.9 cm³/mol. The molecule has 0 spiro atoms. The molecule has 0 radical (unpaired) electrons. The Balaban J connectivity index is 1.67. The highest BCUT2D eigenvalue weighted by molar-refractivity contribution is 6.00. The van der Waals surface area contributed by atoms with E-state index < -0.39 is 18.0 Å². The molecule has 5 atom stereocenters. The van der Waals surface area contributed by atoms with E-state index in [1.165, 1.54) is 4.90 Å². The van der Waals surface area contributed by atoms with Crippen LogP contribution in [0.3, 0.4) is 0 Å². The Morgan fingerprint density at radius 1 is 1.27 bits per heavy atom. The van der Waals surface area contributed by atoms with Gasteiger partial charge in [-0.25, -0.2) is 9.59 Å². The number of fused-ring (bicyclic) bond motifs is 3. The highest BCUT2D eigenvalue weighted by Crippen LogP contribution is 2.52. The Labute approximate surface area is 151 Å². The monoisotopic (exact) mass is 363 g/mol. The summed E-state index contributed by atoms with van der Waals surface area (Å²) < 4.78 is 0. The van der Waals surface area contributed by atoms with Crippen molar-refractivity contribution in [1.29, 1.82) is 0 Å². The van der Waals surface area contributed by atoms with Crippen LogP contribution < -0.4 is 5.32 Å². The third-order valence-corrected chi connectivity index (χ3v) is 6.28. The Morgan fingerprint density at radius 3 is 2.54 bits per heavy atom. The fraction of sp³-hybridized carbons (Fsp3) is 0.722. The molecule has 142 valence electrons. The minimum Gasteiger partial charge on any atom is -0.477 e. The molecular formula is C18H25N3O5. The third-order valence-electron chi connectivity index (χ3n) is 6.28. The van der Waals surface area contributed by atoms with Crippen molar-refractivity contribution in [2.45, 2.75) is 63.3 Å². The van der Waals surface area contributed by atoms with Crippen LogP contribution in [-0.4, -0.2) is 69.2 Å². The van der Waals surface area contributed by atoms with Gasteiger partial charge in [-0.05, 0) is 38.2 Å². The molecule has 3 fully saturated rings. The van der Waals surface area contributed by atoms with Crippen LogP contribution in [0.5, 0.6) is 0 Å². The van der Waals surface area contributed by atoms with Crippen LogP contribution in [0.25, 0.3) is 0 Å². The number of urea groups is 1. The maximum absolute atomic E-state index is 12.5. The number of β-lactam (4-membered cyclic amide) rings is 1. The summed E-state index contributed by atoms with van der Waals surface area (Å²) in [6.45, 7) is 1.58. The lowest BCUT2D eigenvalue weighted by molar-refractivity contribution is -0.163. The van der Waals surface area contributed by atoms with E-state index in [0.717, 1.165) is 25.7 Å². The molecule has 2 heterocycles. The van der Waals surface area contributed by atoms with Crippen molar-refractivity contribution in [3.63, 3.8) is 0 Å². The average molecular weight is 363 g/mol. The van der Waals surface area contributed by atoms with E-state index in [9.17, 15) is 24.6 Å². The molecule has 4 aliphatic rings. The van der Waals surface area contributed by atoms with Gasteiger partial charge in [0.15, 0.2) is 0 Å². The number of hydrogen-bond acceptors (Lipinski definition) is 4. The molecule has 1 unspecified atom stereocenters. The number of aliphatic hydroxyl groups excluding tert-OH is 1. The quantitative estimate of drug-likeness (QED) is 0.631. The van der Waals surface area contributed by atoms with Gasteiger partial charge in [0.25, 0.3) is 0 Å². The Hall–Kier alpha value is -2.09. The Bertz CT molecular complexity index is 699. The van der Waals surface area contributed by atoms with E-state index in [-0.39, 0.29) is 41.7 Å². The number of carboxylic acid groups (broad SMARTS) is 1. The van der Waals surface area contributed by atoms with Gasteiger partial charge in [0, 0.05) is 19.0 Å². The van der Waals surface area contributed by atoms with Gasteiger partial charge in [-0.15, -0.1) is 0 Å². The summed E-state index contributed by atoms with van der Waals surface area (Å²) >= 11 is 0. The molecule has 2 saturated carbocycles. The highest BCUT2D eigenvalue weighted by Gasteiger charge is 2.62. The molecular weight excluding hydrogens is 338 g/mol. The number of carboxylic acids is 1. The summed E-state index contributed by atoms with van der Waals surface area (Å²) in [6.07, 6.45) is 3.48. The molecule has 3 amide bonds. The van der Waals surface area contributed by atoms with Gasteiger partial charge in [0.05, 0.1) is 24.1 Å². The number of nitrogens with zero attached hydrogens (tertiary/aromatic N) is 2. The first kappa shape index (κ1) is 17.3. The number of aliphatic carboxylic acids is 1. The van der Waals surface area contributed by atoms with Crippen LogP contribution in [0.1, 0.15) is 39.0 Å². The van der Waals surface area contributed by atoms with Crippen LogP contribution >= 0.6 is 0 Å². The standard InChI is InChI=1S/C18H25N3O5/c1-8(22)12-14-10-4-3-5-11(20(2)18(26)19-9-6-7-9)13(10)15(17(24)25)21(14)16(12)23/h8-12,14,22H,3-7H2,1-2H3,(H,19,26)(H,24,25)/t8?,10-,11-,12+,14+/m0/s1. The first-order chi connectivity index (χ1) is 12.3. The van der Waals surface area contributed by atoms with Crippen LogP contribution in [0.15, 0.2) is 11.3 Å². The number of amides is 3. The fourth-order valence-corrected chi connectivity index (χ4v) is 4.90. The van der Waals surface area contributed by atoms with Gasteiger partial charge in [-0.2, -0.15) is 0 Å². The summed E-state index contributed by atoms with van der Waals surface area (Å²) in [6, 6.07) is -0.594. The first-order valence-electron chi connectivity index (χ1n) is 9.34. The lowest BCUT2D eigenvalue weighted by Crippen LogP contribution is -2.64. The van der Waals surface area contributed by atoms with E-state index in [1.807, 2.05) is 0 Å². The van der Waals surface area contributed by atoms with E-state index in [0.29, 0.717) is 12.0 Å². The van der Waals surface area contributed by atoms with Crippen molar-refractivity contribution in [3.05, 3.63) is 11.3 Å².